The van der Waals surface area contributed by atoms with Crippen molar-refractivity contribution in [1.29, 1.82) is 0 Å². The predicted molar refractivity (Wildman–Crippen MR) is 116 cm³/mol. The number of nitrogens with one attached hydrogen (secondary N) is 1. The zero-order valence-corrected chi connectivity index (χ0v) is 18.7. The second-order valence-corrected chi connectivity index (χ2v) is 8.42. The van der Waals surface area contributed by atoms with Gasteiger partial charge in [0.25, 0.3) is 11.8 Å². The van der Waals surface area contributed by atoms with Gasteiger partial charge in [-0.2, -0.15) is 23.4 Å². The van der Waals surface area contributed by atoms with E-state index in [2.05, 4.69) is 20.5 Å². The zero-order valence-electron chi connectivity index (χ0n) is 17.9. The summed E-state index contributed by atoms with van der Waals surface area (Å²) in [5.74, 6) is -1.55. The van der Waals surface area contributed by atoms with E-state index in [1.807, 2.05) is 0 Å². The van der Waals surface area contributed by atoms with Crippen molar-refractivity contribution >= 4 is 39.1 Å². The Morgan fingerprint density at radius 2 is 1.82 bits per heavy atom. The van der Waals surface area contributed by atoms with Gasteiger partial charge in [0.05, 0.1) is 11.9 Å². The van der Waals surface area contributed by atoms with Gasteiger partial charge in [-0.15, -0.1) is 11.3 Å². The standard InChI is InChI=1S/C20H18F3N7O2S/c1-8-5-12(28-29(8)3)18(32)27-15-14-10(11-7-25-30(4)9(11)2)6-13(20(21,22)23)26-19(14)33-16(15)17(24)31/h5-7H,1-4H3,(H2,24,31)(H,27,32). The molecule has 13 heteroatoms. The summed E-state index contributed by atoms with van der Waals surface area (Å²) in [4.78, 5) is 28.6. The Kier molecular flexibility index (Phi) is 5.23. The van der Waals surface area contributed by atoms with Gasteiger partial charge in [-0.25, -0.2) is 4.98 Å². The number of nitrogens with zero attached hydrogens (tertiary/aromatic N) is 5. The normalized spacial score (nSPS) is 11.8. The van der Waals surface area contributed by atoms with Crippen LogP contribution < -0.4 is 11.1 Å². The van der Waals surface area contributed by atoms with Gasteiger partial charge in [0, 0.05) is 36.4 Å². The molecule has 0 unspecified atom stereocenters. The molecule has 172 valence electrons. The van der Waals surface area contributed by atoms with Crippen molar-refractivity contribution in [3.8, 4) is 11.1 Å². The topological polar surface area (TPSA) is 121 Å². The minimum absolute atomic E-state index is 0.0183. The van der Waals surface area contributed by atoms with Crippen molar-refractivity contribution in [3.63, 3.8) is 0 Å². The van der Waals surface area contributed by atoms with Crippen LogP contribution in [0.1, 0.15) is 37.2 Å². The minimum Gasteiger partial charge on any atom is -0.365 e. The largest absolute Gasteiger partial charge is 0.433 e. The molecule has 0 fully saturated rings. The van der Waals surface area contributed by atoms with Crippen LogP contribution in [0.4, 0.5) is 18.9 Å². The molecule has 4 aromatic rings. The number of alkyl halides is 3. The Bertz CT molecular complexity index is 1410. The van der Waals surface area contributed by atoms with Gasteiger partial charge < -0.3 is 11.1 Å². The Balaban J connectivity index is 2.00. The number of carbonyl (C=O) groups excluding carboxylic acids is 2. The lowest BCUT2D eigenvalue weighted by atomic mass is 10.0. The maximum Gasteiger partial charge on any atom is 0.433 e. The lowest BCUT2D eigenvalue weighted by Gasteiger charge is -2.12. The average molecular weight is 477 g/mol. The maximum absolute atomic E-state index is 13.6. The third kappa shape index (κ3) is 3.84. The Labute approximate surface area is 189 Å². The average Bonchev–Trinajstić information content (AvgIpc) is 3.37. The number of carbonyl (C=O) groups is 2. The lowest BCUT2D eigenvalue weighted by Crippen LogP contribution is -2.17. The number of thiophene rings is 1. The number of amides is 2. The molecule has 0 aliphatic heterocycles. The molecule has 0 bridgehead atoms. The SMILES string of the molecule is Cc1cc(C(=O)Nc2c(C(N)=O)sc3nc(C(F)(F)F)cc(-c4cnn(C)c4C)c23)nn1C. The van der Waals surface area contributed by atoms with Crippen LogP contribution in [0, 0.1) is 13.8 Å². The highest BCUT2D eigenvalue weighted by Crippen LogP contribution is 2.44. The molecule has 3 N–H and O–H groups in total. The number of hydrogen-bond donors (Lipinski definition) is 2. The number of halogens is 3. The summed E-state index contributed by atoms with van der Waals surface area (Å²) in [5.41, 5.74) is 6.24. The van der Waals surface area contributed by atoms with E-state index in [0.29, 0.717) is 28.3 Å². The van der Waals surface area contributed by atoms with E-state index in [1.54, 1.807) is 34.0 Å². The first kappa shape index (κ1) is 22.5. The number of rotatable bonds is 4. The van der Waals surface area contributed by atoms with Crippen LogP contribution in [0.25, 0.3) is 21.3 Å². The molecule has 0 spiro atoms. The van der Waals surface area contributed by atoms with E-state index in [4.69, 9.17) is 5.73 Å². The highest BCUT2D eigenvalue weighted by Gasteiger charge is 2.35. The molecule has 4 rings (SSSR count). The third-order valence-corrected chi connectivity index (χ3v) is 6.38. The molecule has 0 saturated carbocycles. The Morgan fingerprint density at radius 3 is 2.33 bits per heavy atom. The summed E-state index contributed by atoms with van der Waals surface area (Å²) in [6, 6.07) is 2.42. The molecule has 0 aliphatic carbocycles. The molecule has 4 aromatic heterocycles. The molecule has 4 heterocycles. The van der Waals surface area contributed by atoms with Crippen molar-refractivity contribution in [1.82, 2.24) is 24.5 Å². The number of primary amides is 1. The summed E-state index contributed by atoms with van der Waals surface area (Å²) in [6.07, 6.45) is -3.32. The van der Waals surface area contributed by atoms with Crippen LogP contribution in [0.15, 0.2) is 18.3 Å². The molecule has 0 aliphatic rings. The Hall–Kier alpha value is -3.74. The zero-order chi connectivity index (χ0) is 24.2. The molecule has 9 nitrogen and oxygen atoms in total. The first-order chi connectivity index (χ1) is 15.4. The van der Waals surface area contributed by atoms with Crippen molar-refractivity contribution in [3.05, 3.63) is 46.0 Å². The Morgan fingerprint density at radius 1 is 1.12 bits per heavy atom. The summed E-state index contributed by atoms with van der Waals surface area (Å²) >= 11 is 0.676. The van der Waals surface area contributed by atoms with Gasteiger partial charge in [0.1, 0.15) is 15.4 Å². The van der Waals surface area contributed by atoms with E-state index in [9.17, 15) is 22.8 Å². The van der Waals surface area contributed by atoms with Crippen LogP contribution >= 0.6 is 11.3 Å². The fraction of sp³-hybridized carbons (Fsp3) is 0.250. The van der Waals surface area contributed by atoms with E-state index in [0.717, 1.165) is 6.07 Å². The van der Waals surface area contributed by atoms with Gasteiger partial charge >= 0.3 is 6.18 Å². The molecular formula is C20H18F3N7O2S. The lowest BCUT2D eigenvalue weighted by molar-refractivity contribution is -0.140. The van der Waals surface area contributed by atoms with Crippen LogP contribution in [-0.4, -0.2) is 36.4 Å². The summed E-state index contributed by atoms with van der Waals surface area (Å²) < 4.78 is 43.8. The van der Waals surface area contributed by atoms with E-state index >= 15 is 0 Å². The highest BCUT2D eigenvalue weighted by molar-refractivity contribution is 7.21. The highest BCUT2D eigenvalue weighted by atomic mass is 32.1. The summed E-state index contributed by atoms with van der Waals surface area (Å²) in [5, 5.41) is 11.0. The molecule has 0 saturated heterocycles. The second-order valence-electron chi connectivity index (χ2n) is 7.42. The number of fused-ring (bicyclic) bond motifs is 1. The molecule has 33 heavy (non-hydrogen) atoms. The number of anilines is 1. The molecule has 0 aromatic carbocycles. The number of pyridine rings is 1. The van der Waals surface area contributed by atoms with Crippen LogP contribution in [0.3, 0.4) is 0 Å². The molecule has 0 atom stereocenters. The summed E-state index contributed by atoms with van der Waals surface area (Å²) in [6.45, 7) is 3.45. The smallest absolute Gasteiger partial charge is 0.365 e. The quantitative estimate of drug-likeness (QED) is 0.467. The van der Waals surface area contributed by atoms with Crippen molar-refractivity contribution in [2.24, 2.45) is 19.8 Å². The molecule has 0 radical (unpaired) electrons. The van der Waals surface area contributed by atoms with E-state index in [-0.39, 0.29) is 32.0 Å². The number of aromatic nitrogens is 5. The summed E-state index contributed by atoms with van der Waals surface area (Å²) in [7, 11) is 3.31. The van der Waals surface area contributed by atoms with Gasteiger partial charge in [-0.05, 0) is 31.5 Å². The number of aryl methyl sites for hydroxylation is 3. The number of hydrogen-bond acceptors (Lipinski definition) is 6. The van der Waals surface area contributed by atoms with Crippen LogP contribution in [-0.2, 0) is 20.3 Å². The monoisotopic (exact) mass is 477 g/mol. The van der Waals surface area contributed by atoms with Crippen molar-refractivity contribution < 1.29 is 22.8 Å². The first-order valence-electron chi connectivity index (χ1n) is 9.54. The minimum atomic E-state index is -4.73. The van der Waals surface area contributed by atoms with Crippen molar-refractivity contribution in [2.75, 3.05) is 5.32 Å². The first-order valence-corrected chi connectivity index (χ1v) is 10.4. The van der Waals surface area contributed by atoms with Crippen LogP contribution in [0.2, 0.25) is 0 Å². The second kappa shape index (κ2) is 7.69. The maximum atomic E-state index is 13.6. The van der Waals surface area contributed by atoms with Crippen LogP contribution in [0.5, 0.6) is 0 Å². The van der Waals surface area contributed by atoms with Gasteiger partial charge in [0.2, 0.25) is 0 Å². The van der Waals surface area contributed by atoms with Gasteiger partial charge in [-0.3, -0.25) is 19.0 Å². The number of nitrogens with two attached hydrogens (primary N) is 1. The van der Waals surface area contributed by atoms with E-state index < -0.39 is 23.7 Å². The third-order valence-electron chi connectivity index (χ3n) is 5.29. The van der Waals surface area contributed by atoms with E-state index in [1.165, 1.54) is 15.6 Å². The van der Waals surface area contributed by atoms with Crippen molar-refractivity contribution in [2.45, 2.75) is 20.0 Å². The predicted octanol–water partition coefficient (Wildman–Crippen LogP) is 3.42. The molecule has 2 amide bonds. The van der Waals surface area contributed by atoms with Gasteiger partial charge in [0.15, 0.2) is 5.69 Å². The fourth-order valence-corrected chi connectivity index (χ4v) is 4.37. The van der Waals surface area contributed by atoms with Gasteiger partial charge in [-0.1, -0.05) is 0 Å². The fourth-order valence-electron chi connectivity index (χ4n) is 3.36. The molecular weight excluding hydrogens is 459 g/mol.